The molecule has 0 aliphatic rings. The van der Waals surface area contributed by atoms with Gasteiger partial charge in [-0.25, -0.2) is 0 Å². The lowest BCUT2D eigenvalue weighted by atomic mass is 10.2. The van der Waals surface area contributed by atoms with Crippen molar-refractivity contribution < 1.29 is 9.47 Å². The first-order valence-corrected chi connectivity index (χ1v) is 11.2. The first-order valence-electron chi connectivity index (χ1n) is 8.97. The maximum atomic E-state index is 6.08. The smallest absolute Gasteiger partial charge is 0.174 e. The highest BCUT2D eigenvalue weighted by atomic mass is 127. The van der Waals surface area contributed by atoms with Crippen molar-refractivity contribution in [3.63, 3.8) is 0 Å². The molecule has 0 aliphatic carbocycles. The van der Waals surface area contributed by atoms with E-state index in [-0.39, 0.29) is 0 Å². The van der Waals surface area contributed by atoms with Gasteiger partial charge in [0.05, 0.1) is 20.2 Å². The Balaban J connectivity index is 1.74. The van der Waals surface area contributed by atoms with Crippen LogP contribution in [0.1, 0.15) is 18.1 Å². The molecule has 0 radical (unpaired) electrons. The molecule has 0 aliphatic heterocycles. The second kappa shape index (κ2) is 10.6. The Bertz CT molecular complexity index is 981. The highest BCUT2D eigenvalue weighted by Gasteiger charge is 2.13. The molecular weight excluding hydrogens is 544 g/mol. The average molecular weight is 563 g/mol. The van der Waals surface area contributed by atoms with Crippen LogP contribution in [0.25, 0.3) is 0 Å². The molecule has 0 fully saturated rings. The van der Waals surface area contributed by atoms with Crippen LogP contribution in [0.15, 0.2) is 54.6 Å². The average Bonchev–Trinajstić information content (AvgIpc) is 2.70. The number of ether oxygens (including phenoxy) is 2. The Hall–Kier alpha value is -1.34. The van der Waals surface area contributed by atoms with E-state index in [1.165, 1.54) is 0 Å². The molecule has 3 nitrogen and oxygen atoms in total. The SMILES string of the molecule is CCOc1cc(CNc2ccc(Cl)c(Cl)c2)cc(I)c1OCc1ccc(Cl)cc1. The number of halogens is 4. The third-order valence-corrected chi connectivity index (χ3v) is 5.87. The van der Waals surface area contributed by atoms with E-state index in [0.717, 1.165) is 31.9 Å². The van der Waals surface area contributed by atoms with Crippen LogP contribution in [0.4, 0.5) is 5.69 Å². The van der Waals surface area contributed by atoms with Crippen molar-refractivity contribution in [2.24, 2.45) is 0 Å². The summed E-state index contributed by atoms with van der Waals surface area (Å²) in [6.45, 7) is 3.56. The molecule has 0 spiro atoms. The molecular formula is C22H19Cl3INO2. The molecule has 3 aromatic carbocycles. The second-order valence-electron chi connectivity index (χ2n) is 6.24. The highest BCUT2D eigenvalue weighted by Crippen LogP contribution is 2.35. The van der Waals surface area contributed by atoms with Crippen molar-refractivity contribution in [1.29, 1.82) is 0 Å². The minimum Gasteiger partial charge on any atom is -0.490 e. The number of anilines is 1. The third kappa shape index (κ3) is 6.32. The van der Waals surface area contributed by atoms with E-state index < -0.39 is 0 Å². The summed E-state index contributed by atoms with van der Waals surface area (Å²) in [5.41, 5.74) is 3.01. The predicted molar refractivity (Wildman–Crippen MR) is 130 cm³/mol. The van der Waals surface area contributed by atoms with Gasteiger partial charge in [0, 0.05) is 17.3 Å². The molecule has 0 amide bonds. The molecule has 0 atom stereocenters. The van der Waals surface area contributed by atoms with Crippen LogP contribution in [-0.4, -0.2) is 6.61 Å². The summed E-state index contributed by atoms with van der Waals surface area (Å²) >= 11 is 20.3. The molecule has 0 bridgehead atoms. The molecule has 1 N–H and O–H groups in total. The van der Waals surface area contributed by atoms with E-state index in [0.29, 0.717) is 34.8 Å². The minimum absolute atomic E-state index is 0.439. The maximum Gasteiger partial charge on any atom is 0.174 e. The standard InChI is InChI=1S/C22H19Cl3INO2/c1-2-28-21-10-15(12-27-17-7-8-18(24)19(25)11-17)9-20(26)22(21)29-13-14-3-5-16(23)6-4-14/h3-11,27H,2,12-13H2,1H3. The molecule has 7 heteroatoms. The van der Waals surface area contributed by atoms with E-state index in [1.54, 1.807) is 6.07 Å². The third-order valence-electron chi connectivity index (χ3n) is 4.08. The van der Waals surface area contributed by atoms with Gasteiger partial charge >= 0.3 is 0 Å². The zero-order valence-electron chi connectivity index (χ0n) is 15.6. The normalized spacial score (nSPS) is 10.7. The summed E-state index contributed by atoms with van der Waals surface area (Å²) in [4.78, 5) is 0. The van der Waals surface area contributed by atoms with E-state index in [4.69, 9.17) is 44.3 Å². The van der Waals surface area contributed by atoms with Crippen molar-refractivity contribution in [1.82, 2.24) is 0 Å². The van der Waals surface area contributed by atoms with Gasteiger partial charge in [-0.1, -0.05) is 46.9 Å². The summed E-state index contributed by atoms with van der Waals surface area (Å²) in [7, 11) is 0. The van der Waals surface area contributed by atoms with Gasteiger partial charge in [0.25, 0.3) is 0 Å². The minimum atomic E-state index is 0.439. The first kappa shape index (κ1) is 22.3. The molecule has 3 rings (SSSR count). The molecule has 3 aromatic rings. The van der Waals surface area contributed by atoms with Crippen LogP contribution in [0.5, 0.6) is 11.5 Å². The second-order valence-corrected chi connectivity index (χ2v) is 8.65. The molecule has 29 heavy (non-hydrogen) atoms. The fraction of sp³-hybridized carbons (Fsp3) is 0.182. The summed E-state index contributed by atoms with van der Waals surface area (Å²) in [5, 5.41) is 5.11. The Morgan fingerprint density at radius 3 is 2.31 bits per heavy atom. The van der Waals surface area contributed by atoms with Crippen molar-refractivity contribution >= 4 is 63.1 Å². The number of hydrogen-bond donors (Lipinski definition) is 1. The van der Waals surface area contributed by atoms with Crippen LogP contribution in [-0.2, 0) is 13.2 Å². The fourth-order valence-electron chi connectivity index (χ4n) is 2.67. The van der Waals surface area contributed by atoms with Gasteiger partial charge in [0.1, 0.15) is 6.61 Å². The zero-order valence-corrected chi connectivity index (χ0v) is 20.1. The number of hydrogen-bond acceptors (Lipinski definition) is 3. The maximum absolute atomic E-state index is 6.08. The zero-order chi connectivity index (χ0) is 20.8. The van der Waals surface area contributed by atoms with Crippen molar-refractivity contribution in [3.05, 3.63) is 84.4 Å². The van der Waals surface area contributed by atoms with Gasteiger partial charge < -0.3 is 14.8 Å². The van der Waals surface area contributed by atoms with Crippen molar-refractivity contribution in [3.8, 4) is 11.5 Å². The van der Waals surface area contributed by atoms with E-state index >= 15 is 0 Å². The lowest BCUT2D eigenvalue weighted by Crippen LogP contribution is -2.05. The monoisotopic (exact) mass is 561 g/mol. The van der Waals surface area contributed by atoms with E-state index in [9.17, 15) is 0 Å². The van der Waals surface area contributed by atoms with Crippen LogP contribution in [0.3, 0.4) is 0 Å². The summed E-state index contributed by atoms with van der Waals surface area (Å²) in [6, 6.07) is 17.1. The fourth-order valence-corrected chi connectivity index (χ4v) is 3.92. The molecule has 0 saturated heterocycles. The molecule has 0 aromatic heterocycles. The van der Waals surface area contributed by atoms with Gasteiger partial charge in [-0.15, -0.1) is 0 Å². The number of nitrogens with one attached hydrogen (secondary N) is 1. The van der Waals surface area contributed by atoms with Gasteiger partial charge in [-0.05, 0) is 83.1 Å². The summed E-state index contributed by atoms with van der Waals surface area (Å²) < 4.78 is 12.9. The van der Waals surface area contributed by atoms with Crippen LogP contribution in [0.2, 0.25) is 15.1 Å². The van der Waals surface area contributed by atoms with E-state index in [1.807, 2.05) is 49.4 Å². The summed E-state index contributed by atoms with van der Waals surface area (Å²) in [6.07, 6.45) is 0. The predicted octanol–water partition coefficient (Wildman–Crippen LogP) is 7.84. The van der Waals surface area contributed by atoms with Gasteiger partial charge in [0.15, 0.2) is 11.5 Å². The van der Waals surface area contributed by atoms with E-state index in [2.05, 4.69) is 34.0 Å². The molecule has 152 valence electrons. The molecule has 0 saturated carbocycles. The summed E-state index contributed by atoms with van der Waals surface area (Å²) in [5.74, 6) is 1.46. The lowest BCUT2D eigenvalue weighted by molar-refractivity contribution is 0.267. The Kier molecular flexibility index (Phi) is 8.18. The van der Waals surface area contributed by atoms with Crippen molar-refractivity contribution in [2.75, 3.05) is 11.9 Å². The number of rotatable bonds is 8. The highest BCUT2D eigenvalue weighted by molar-refractivity contribution is 14.1. The van der Waals surface area contributed by atoms with Gasteiger partial charge in [-0.2, -0.15) is 0 Å². The van der Waals surface area contributed by atoms with Crippen LogP contribution >= 0.6 is 57.4 Å². The molecule has 0 heterocycles. The Morgan fingerprint density at radius 2 is 1.62 bits per heavy atom. The van der Waals surface area contributed by atoms with Gasteiger partial charge in [-0.3, -0.25) is 0 Å². The Labute approximate surface area is 199 Å². The quantitative estimate of drug-likeness (QED) is 0.284. The molecule has 0 unspecified atom stereocenters. The lowest BCUT2D eigenvalue weighted by Gasteiger charge is -2.16. The van der Waals surface area contributed by atoms with Crippen LogP contribution in [0, 0.1) is 3.57 Å². The largest absolute Gasteiger partial charge is 0.490 e. The topological polar surface area (TPSA) is 30.5 Å². The van der Waals surface area contributed by atoms with Crippen LogP contribution < -0.4 is 14.8 Å². The van der Waals surface area contributed by atoms with Gasteiger partial charge in [0.2, 0.25) is 0 Å². The number of benzene rings is 3. The first-order chi connectivity index (χ1) is 14.0. The Morgan fingerprint density at radius 1 is 0.862 bits per heavy atom. The van der Waals surface area contributed by atoms with Crippen molar-refractivity contribution in [2.45, 2.75) is 20.1 Å².